The summed E-state index contributed by atoms with van der Waals surface area (Å²) in [5.74, 6) is 1.04. The van der Waals surface area contributed by atoms with Gasteiger partial charge >= 0.3 is 0 Å². The third-order valence-corrected chi connectivity index (χ3v) is 3.21. The number of rotatable bonds is 3. The van der Waals surface area contributed by atoms with Crippen molar-refractivity contribution in [1.29, 1.82) is 0 Å². The maximum Gasteiger partial charge on any atom is 0.144 e. The van der Waals surface area contributed by atoms with Crippen LogP contribution in [0.5, 0.6) is 0 Å². The number of nitrogens with one attached hydrogen (secondary N) is 1. The van der Waals surface area contributed by atoms with Crippen LogP contribution in [-0.4, -0.2) is 22.7 Å². The second kappa shape index (κ2) is 4.81. The van der Waals surface area contributed by atoms with E-state index in [9.17, 15) is 5.11 Å². The number of nitrogens with zero attached hydrogens (tertiary/aromatic N) is 1. The van der Waals surface area contributed by atoms with Gasteiger partial charge in [-0.2, -0.15) is 0 Å². The molecule has 0 spiro atoms. The zero-order chi connectivity index (χ0) is 10.7. The number of hydrogen-bond donors (Lipinski definition) is 2. The minimum atomic E-state index is -0.167. The molecule has 0 aliphatic heterocycles. The highest BCUT2D eigenvalue weighted by atomic mass is 35.5. The minimum absolute atomic E-state index is 0.167. The highest BCUT2D eigenvalue weighted by Gasteiger charge is 2.24. The number of halogens is 1. The third kappa shape index (κ3) is 2.61. The predicted molar refractivity (Wildman–Crippen MR) is 61.1 cm³/mol. The van der Waals surface area contributed by atoms with Crippen molar-refractivity contribution in [3.63, 3.8) is 0 Å². The van der Waals surface area contributed by atoms with Crippen LogP contribution in [0.4, 0.5) is 5.82 Å². The SMILES string of the molecule is OC1CCCC1CNc1ncccc1Cl. The van der Waals surface area contributed by atoms with Gasteiger partial charge in [-0.1, -0.05) is 18.0 Å². The zero-order valence-corrected chi connectivity index (χ0v) is 9.24. The lowest BCUT2D eigenvalue weighted by atomic mass is 10.1. The van der Waals surface area contributed by atoms with Crippen molar-refractivity contribution in [1.82, 2.24) is 4.98 Å². The molecular formula is C11H15ClN2O. The Labute approximate surface area is 94.5 Å². The van der Waals surface area contributed by atoms with Gasteiger partial charge in [-0.25, -0.2) is 4.98 Å². The predicted octanol–water partition coefficient (Wildman–Crippen LogP) is 2.31. The minimum Gasteiger partial charge on any atom is -0.393 e. The van der Waals surface area contributed by atoms with E-state index in [0.29, 0.717) is 16.8 Å². The molecule has 3 nitrogen and oxygen atoms in total. The van der Waals surface area contributed by atoms with E-state index in [1.54, 1.807) is 12.3 Å². The van der Waals surface area contributed by atoms with Gasteiger partial charge in [0.15, 0.2) is 0 Å². The number of pyridine rings is 1. The quantitative estimate of drug-likeness (QED) is 0.832. The molecule has 1 aliphatic rings. The number of aromatic nitrogens is 1. The monoisotopic (exact) mass is 226 g/mol. The van der Waals surface area contributed by atoms with Crippen LogP contribution in [0.25, 0.3) is 0 Å². The maximum absolute atomic E-state index is 9.64. The smallest absolute Gasteiger partial charge is 0.144 e. The van der Waals surface area contributed by atoms with Crippen molar-refractivity contribution >= 4 is 17.4 Å². The van der Waals surface area contributed by atoms with E-state index in [2.05, 4.69) is 10.3 Å². The highest BCUT2D eigenvalue weighted by molar-refractivity contribution is 6.32. The second-order valence-electron chi connectivity index (χ2n) is 3.97. The molecule has 2 rings (SSSR count). The summed E-state index contributed by atoms with van der Waals surface area (Å²) in [7, 11) is 0. The Kier molecular flexibility index (Phi) is 3.44. The first kappa shape index (κ1) is 10.7. The van der Waals surface area contributed by atoms with Crippen LogP contribution in [0.3, 0.4) is 0 Å². The molecule has 1 heterocycles. The summed E-state index contributed by atoms with van der Waals surface area (Å²) in [4.78, 5) is 4.14. The summed E-state index contributed by atoms with van der Waals surface area (Å²) >= 11 is 5.96. The van der Waals surface area contributed by atoms with Gasteiger partial charge in [0, 0.05) is 18.7 Å². The van der Waals surface area contributed by atoms with Gasteiger partial charge in [-0.05, 0) is 25.0 Å². The standard InChI is InChI=1S/C11H15ClN2O/c12-9-4-2-6-13-11(9)14-7-8-3-1-5-10(8)15/h2,4,6,8,10,15H,1,3,5,7H2,(H,13,14). The molecule has 4 heteroatoms. The lowest BCUT2D eigenvalue weighted by Gasteiger charge is -2.15. The summed E-state index contributed by atoms with van der Waals surface area (Å²) < 4.78 is 0. The van der Waals surface area contributed by atoms with Crippen molar-refractivity contribution < 1.29 is 5.11 Å². The molecule has 1 saturated carbocycles. The molecule has 2 atom stereocenters. The Morgan fingerprint density at radius 3 is 3.07 bits per heavy atom. The molecule has 1 fully saturated rings. The van der Waals surface area contributed by atoms with Crippen molar-refractivity contribution in [2.24, 2.45) is 5.92 Å². The van der Waals surface area contributed by atoms with Crippen LogP contribution in [0, 0.1) is 5.92 Å². The van der Waals surface area contributed by atoms with Gasteiger partial charge in [-0.3, -0.25) is 0 Å². The summed E-state index contributed by atoms with van der Waals surface area (Å²) in [6.07, 6.45) is 4.66. The van der Waals surface area contributed by atoms with E-state index in [0.717, 1.165) is 25.8 Å². The van der Waals surface area contributed by atoms with Gasteiger partial charge in [0.05, 0.1) is 11.1 Å². The van der Waals surface area contributed by atoms with Crippen LogP contribution in [-0.2, 0) is 0 Å². The lowest BCUT2D eigenvalue weighted by molar-refractivity contribution is 0.138. The molecule has 1 aliphatic carbocycles. The zero-order valence-electron chi connectivity index (χ0n) is 8.49. The van der Waals surface area contributed by atoms with Crippen LogP contribution in [0.15, 0.2) is 18.3 Å². The normalized spacial score (nSPS) is 25.5. The van der Waals surface area contributed by atoms with E-state index in [1.807, 2.05) is 6.07 Å². The van der Waals surface area contributed by atoms with E-state index in [1.165, 1.54) is 0 Å². The van der Waals surface area contributed by atoms with Crippen molar-refractivity contribution in [2.75, 3.05) is 11.9 Å². The molecule has 2 unspecified atom stereocenters. The highest BCUT2D eigenvalue weighted by Crippen LogP contribution is 2.26. The molecule has 0 amide bonds. The molecule has 1 aromatic rings. The summed E-state index contributed by atoms with van der Waals surface area (Å²) in [5, 5.41) is 13.5. The van der Waals surface area contributed by atoms with Gasteiger partial charge in [0.25, 0.3) is 0 Å². The van der Waals surface area contributed by atoms with Crippen molar-refractivity contribution in [3.8, 4) is 0 Å². The van der Waals surface area contributed by atoms with Gasteiger partial charge in [0.1, 0.15) is 5.82 Å². The molecule has 15 heavy (non-hydrogen) atoms. The van der Waals surface area contributed by atoms with Crippen LogP contribution in [0.2, 0.25) is 5.02 Å². The summed E-state index contributed by atoms with van der Waals surface area (Å²) in [6.45, 7) is 0.748. The van der Waals surface area contributed by atoms with E-state index < -0.39 is 0 Å². The average molecular weight is 227 g/mol. The number of anilines is 1. The molecule has 0 bridgehead atoms. The fourth-order valence-electron chi connectivity index (χ4n) is 2.00. The van der Waals surface area contributed by atoms with Gasteiger partial charge in [0.2, 0.25) is 0 Å². The maximum atomic E-state index is 9.64. The molecule has 1 aromatic heterocycles. The largest absolute Gasteiger partial charge is 0.393 e. The molecule has 0 saturated heterocycles. The first-order valence-corrected chi connectivity index (χ1v) is 5.67. The first-order chi connectivity index (χ1) is 7.27. The molecule has 82 valence electrons. The summed E-state index contributed by atoms with van der Waals surface area (Å²) in [6, 6.07) is 3.61. The molecule has 2 N–H and O–H groups in total. The van der Waals surface area contributed by atoms with Crippen LogP contribution >= 0.6 is 11.6 Å². The fourth-order valence-corrected chi connectivity index (χ4v) is 2.19. The first-order valence-electron chi connectivity index (χ1n) is 5.30. The molecule has 0 radical (unpaired) electrons. The Bertz CT molecular complexity index is 332. The Morgan fingerprint density at radius 1 is 1.53 bits per heavy atom. The van der Waals surface area contributed by atoms with Crippen molar-refractivity contribution in [2.45, 2.75) is 25.4 Å². The Hall–Kier alpha value is -0.800. The Morgan fingerprint density at radius 2 is 2.40 bits per heavy atom. The van der Waals surface area contributed by atoms with E-state index >= 15 is 0 Å². The Balaban J connectivity index is 1.90. The van der Waals surface area contributed by atoms with E-state index in [-0.39, 0.29) is 6.10 Å². The van der Waals surface area contributed by atoms with Gasteiger partial charge in [-0.15, -0.1) is 0 Å². The number of aliphatic hydroxyl groups is 1. The van der Waals surface area contributed by atoms with Crippen LogP contribution in [0.1, 0.15) is 19.3 Å². The molecular weight excluding hydrogens is 212 g/mol. The fraction of sp³-hybridized carbons (Fsp3) is 0.545. The average Bonchev–Trinajstić information content (AvgIpc) is 2.63. The lowest BCUT2D eigenvalue weighted by Crippen LogP contribution is -2.22. The van der Waals surface area contributed by atoms with Gasteiger partial charge < -0.3 is 10.4 Å². The van der Waals surface area contributed by atoms with Crippen molar-refractivity contribution in [3.05, 3.63) is 23.4 Å². The summed E-state index contributed by atoms with van der Waals surface area (Å²) in [5.41, 5.74) is 0. The third-order valence-electron chi connectivity index (χ3n) is 2.91. The number of aliphatic hydroxyl groups excluding tert-OH is 1. The number of hydrogen-bond acceptors (Lipinski definition) is 3. The topological polar surface area (TPSA) is 45.1 Å². The second-order valence-corrected chi connectivity index (χ2v) is 4.38. The molecule has 0 aromatic carbocycles. The van der Waals surface area contributed by atoms with Crippen LogP contribution < -0.4 is 5.32 Å². The van der Waals surface area contributed by atoms with E-state index in [4.69, 9.17) is 11.6 Å².